The Labute approximate surface area is 196 Å². The van der Waals surface area contributed by atoms with Gasteiger partial charge in [0.1, 0.15) is 5.65 Å². The summed E-state index contributed by atoms with van der Waals surface area (Å²) in [6, 6.07) is 7.48. The second kappa shape index (κ2) is 7.97. The number of nitrogens with one attached hydrogen (secondary N) is 2. The van der Waals surface area contributed by atoms with Crippen molar-refractivity contribution in [1.29, 1.82) is 0 Å². The Balaban J connectivity index is 1.90. The van der Waals surface area contributed by atoms with Crippen LogP contribution in [0.15, 0.2) is 44.3 Å². The Hall–Kier alpha value is -4.67. The van der Waals surface area contributed by atoms with Crippen molar-refractivity contribution in [2.45, 2.75) is 19.9 Å². The van der Waals surface area contributed by atoms with Gasteiger partial charge in [0.25, 0.3) is 5.56 Å². The first-order valence-electron chi connectivity index (χ1n) is 10.7. The Kier molecular flexibility index (Phi) is 5.04. The van der Waals surface area contributed by atoms with Gasteiger partial charge in [-0.05, 0) is 43.7 Å². The zero-order chi connectivity index (χ0) is 25.0. The average Bonchev–Trinajstić information content (AvgIpc) is 3.37. The quantitative estimate of drug-likeness (QED) is 0.288. The van der Waals surface area contributed by atoms with Crippen LogP contribution in [0.25, 0.3) is 44.2 Å². The first kappa shape index (κ1) is 22.1. The summed E-state index contributed by atoms with van der Waals surface area (Å²) in [5, 5.41) is 22.9. The van der Waals surface area contributed by atoms with Gasteiger partial charge in [-0.1, -0.05) is 6.07 Å². The number of carbonyl (C=O) groups is 1. The van der Waals surface area contributed by atoms with E-state index in [0.29, 0.717) is 33.1 Å². The Morgan fingerprint density at radius 1 is 1.14 bits per heavy atom. The van der Waals surface area contributed by atoms with Crippen molar-refractivity contribution in [1.82, 2.24) is 14.8 Å². The van der Waals surface area contributed by atoms with E-state index in [1.54, 1.807) is 22.9 Å². The number of furan rings is 1. The van der Waals surface area contributed by atoms with Crippen LogP contribution < -0.4 is 20.5 Å². The average molecular weight is 479 g/mol. The number of aromatic hydroxyl groups is 1. The van der Waals surface area contributed by atoms with E-state index in [-0.39, 0.29) is 34.3 Å². The highest BCUT2D eigenvalue weighted by Gasteiger charge is 2.24. The molecule has 11 nitrogen and oxygen atoms in total. The van der Waals surface area contributed by atoms with Gasteiger partial charge in [-0.25, -0.2) is 4.79 Å². The number of phenolic OH excluding ortho intramolecular Hbond substituents is 1. The van der Waals surface area contributed by atoms with Crippen LogP contribution in [0.1, 0.15) is 19.9 Å². The zero-order valence-corrected chi connectivity index (χ0v) is 19.0. The number of hydrogen-bond donors (Lipinski definition) is 4. The molecule has 11 heteroatoms. The van der Waals surface area contributed by atoms with Crippen molar-refractivity contribution in [3.8, 4) is 28.4 Å². The third kappa shape index (κ3) is 3.39. The molecule has 5 rings (SSSR count). The number of carboxylic acid groups (broad SMARTS) is 1. The summed E-state index contributed by atoms with van der Waals surface area (Å²) in [6.07, 6.45) is 0. The summed E-state index contributed by atoms with van der Waals surface area (Å²) in [7, 11) is 1.41. The van der Waals surface area contributed by atoms with E-state index in [4.69, 9.17) is 19.0 Å². The Bertz CT molecular complexity index is 1750. The summed E-state index contributed by atoms with van der Waals surface area (Å²) in [6.45, 7) is 3.27. The molecule has 3 aromatic heterocycles. The van der Waals surface area contributed by atoms with Crippen LogP contribution in [0.2, 0.25) is 0 Å². The van der Waals surface area contributed by atoms with E-state index in [2.05, 4.69) is 10.1 Å². The predicted octanol–water partition coefficient (Wildman–Crippen LogP) is 3.34. The van der Waals surface area contributed by atoms with E-state index in [1.165, 1.54) is 19.2 Å². The molecule has 0 spiro atoms. The minimum Gasteiger partial charge on any atom is -0.502 e. The van der Waals surface area contributed by atoms with Crippen molar-refractivity contribution < 1.29 is 28.9 Å². The lowest BCUT2D eigenvalue weighted by molar-refractivity contribution is -0.139. The maximum absolute atomic E-state index is 13.1. The van der Waals surface area contributed by atoms with E-state index in [1.807, 2.05) is 13.8 Å². The van der Waals surface area contributed by atoms with Gasteiger partial charge in [-0.15, -0.1) is 0 Å². The van der Waals surface area contributed by atoms with Gasteiger partial charge in [0.2, 0.25) is 11.2 Å². The number of rotatable bonds is 6. The molecule has 0 saturated heterocycles. The largest absolute Gasteiger partial charge is 0.502 e. The molecule has 5 aromatic rings. The number of methoxy groups -OCH3 is 1. The molecule has 0 bridgehead atoms. The molecule has 0 aliphatic heterocycles. The molecule has 35 heavy (non-hydrogen) atoms. The number of aromatic nitrogens is 3. The van der Waals surface area contributed by atoms with Crippen LogP contribution >= 0.6 is 0 Å². The minimum atomic E-state index is -1.14. The number of phenols is 1. The number of fused-ring (bicyclic) bond motifs is 4. The number of carboxylic acids is 1. The smallest absolute Gasteiger partial charge is 0.341 e. The minimum absolute atomic E-state index is 0.00134. The van der Waals surface area contributed by atoms with Crippen LogP contribution in [0.4, 0.5) is 0 Å². The highest BCUT2D eigenvalue weighted by atomic mass is 16.5. The molecule has 0 fully saturated rings. The number of H-pyrrole nitrogens is 2. The van der Waals surface area contributed by atoms with Gasteiger partial charge in [0.15, 0.2) is 29.3 Å². The summed E-state index contributed by atoms with van der Waals surface area (Å²) >= 11 is 0. The highest BCUT2D eigenvalue weighted by Crippen LogP contribution is 2.42. The van der Waals surface area contributed by atoms with E-state index >= 15 is 0 Å². The van der Waals surface area contributed by atoms with Gasteiger partial charge in [0.05, 0.1) is 18.0 Å². The van der Waals surface area contributed by atoms with E-state index in [9.17, 15) is 19.5 Å². The monoisotopic (exact) mass is 479 g/mol. The summed E-state index contributed by atoms with van der Waals surface area (Å²) in [5.41, 5.74) is 1.18. The third-order valence-electron chi connectivity index (χ3n) is 5.76. The first-order chi connectivity index (χ1) is 16.7. The molecule has 3 heterocycles. The molecular weight excluding hydrogens is 458 g/mol. The molecule has 0 unspecified atom stereocenters. The second-order valence-electron chi connectivity index (χ2n) is 8.27. The van der Waals surface area contributed by atoms with Crippen molar-refractivity contribution in [3.63, 3.8) is 0 Å². The first-order valence-corrected chi connectivity index (χ1v) is 10.7. The van der Waals surface area contributed by atoms with Crippen molar-refractivity contribution in [3.05, 3.63) is 50.9 Å². The highest BCUT2D eigenvalue weighted by molar-refractivity contribution is 6.15. The fourth-order valence-corrected chi connectivity index (χ4v) is 4.21. The second-order valence-corrected chi connectivity index (χ2v) is 8.27. The van der Waals surface area contributed by atoms with Gasteiger partial charge in [0, 0.05) is 17.0 Å². The zero-order valence-electron chi connectivity index (χ0n) is 19.0. The lowest BCUT2D eigenvalue weighted by Gasteiger charge is -2.13. The lowest BCUT2D eigenvalue weighted by atomic mass is 10.0. The number of nitrogens with zero attached hydrogens (tertiary/aromatic N) is 1. The van der Waals surface area contributed by atoms with Crippen molar-refractivity contribution in [2.24, 2.45) is 0 Å². The number of ether oxygens (including phenoxy) is 2. The van der Waals surface area contributed by atoms with Crippen LogP contribution in [0, 0.1) is 0 Å². The van der Waals surface area contributed by atoms with Crippen LogP contribution in [-0.2, 0) is 4.79 Å². The van der Waals surface area contributed by atoms with E-state index in [0.717, 1.165) is 0 Å². The number of aromatic amines is 2. The number of hydrogen-bond acceptors (Lipinski definition) is 7. The number of benzene rings is 2. The Morgan fingerprint density at radius 3 is 2.60 bits per heavy atom. The fraction of sp³-hybridized carbons (Fsp3) is 0.208. The van der Waals surface area contributed by atoms with Crippen molar-refractivity contribution >= 4 is 39.1 Å². The van der Waals surface area contributed by atoms with Crippen LogP contribution in [-0.4, -0.2) is 44.7 Å². The molecule has 0 saturated carbocycles. The maximum atomic E-state index is 13.1. The molecule has 0 aliphatic rings. The number of pyridine rings is 1. The molecule has 180 valence electrons. The van der Waals surface area contributed by atoms with Gasteiger partial charge < -0.3 is 29.1 Å². The lowest BCUT2D eigenvalue weighted by Crippen LogP contribution is -2.10. The molecule has 0 radical (unpaired) electrons. The van der Waals surface area contributed by atoms with Crippen molar-refractivity contribution in [2.75, 3.05) is 13.7 Å². The normalized spacial score (nSPS) is 11.7. The molecule has 0 amide bonds. The molecule has 0 aliphatic carbocycles. The van der Waals surface area contributed by atoms with Crippen LogP contribution in [0.3, 0.4) is 0 Å². The topological polar surface area (TPSA) is 160 Å². The standard InChI is InChI=1S/C24H21N3O8/c1-10(2)27-23-18(24(32)26-27)17(11-4-7-14(15(8-11)33-3)34-9-16(29)30)22-19(25-23)12-5-6-13(28)20(31)21(12)35-22/h4-8,10,25,31H,9H2,1-3H3,(H,26,32)(H,29,30). The molecule has 2 aromatic carbocycles. The molecule has 4 N–H and O–H groups in total. The van der Waals surface area contributed by atoms with Crippen LogP contribution in [0.5, 0.6) is 17.2 Å². The van der Waals surface area contributed by atoms with Gasteiger partial charge in [-0.3, -0.25) is 19.4 Å². The molecule has 0 atom stereocenters. The summed E-state index contributed by atoms with van der Waals surface area (Å²) in [4.78, 5) is 39.3. The number of aliphatic carboxylic acids is 1. The SMILES string of the molecule is COc1cc(-c2c3oc4c(O)c(=O)ccc4c3[nH]c3c2c(=O)[nH]n3C(C)C)ccc1OCC(=O)O. The third-order valence-corrected chi connectivity index (χ3v) is 5.76. The summed E-state index contributed by atoms with van der Waals surface area (Å²) in [5.74, 6) is -1.21. The fourth-order valence-electron chi connectivity index (χ4n) is 4.21. The van der Waals surface area contributed by atoms with Gasteiger partial charge in [-0.2, -0.15) is 0 Å². The van der Waals surface area contributed by atoms with Gasteiger partial charge >= 0.3 is 5.97 Å². The van der Waals surface area contributed by atoms with E-state index < -0.39 is 23.8 Å². The Morgan fingerprint density at radius 2 is 1.91 bits per heavy atom. The summed E-state index contributed by atoms with van der Waals surface area (Å²) < 4.78 is 18.4. The maximum Gasteiger partial charge on any atom is 0.341 e. The predicted molar refractivity (Wildman–Crippen MR) is 128 cm³/mol. The molecular formula is C24H21N3O8.